The van der Waals surface area contributed by atoms with Gasteiger partial charge in [-0.3, -0.25) is 9.59 Å². The van der Waals surface area contributed by atoms with Crippen molar-refractivity contribution < 1.29 is 19.8 Å². The van der Waals surface area contributed by atoms with E-state index in [0.717, 1.165) is 5.56 Å². The molecular weight excluding hydrogens is 258 g/mol. The van der Waals surface area contributed by atoms with Gasteiger partial charge in [0.15, 0.2) is 0 Å². The molecular formula is C15H17NO4. The van der Waals surface area contributed by atoms with Gasteiger partial charge in [-0.2, -0.15) is 0 Å². The van der Waals surface area contributed by atoms with Crippen molar-refractivity contribution in [1.82, 2.24) is 0 Å². The van der Waals surface area contributed by atoms with Crippen LogP contribution in [0, 0.1) is 18.8 Å². The fourth-order valence-corrected chi connectivity index (χ4v) is 2.35. The van der Waals surface area contributed by atoms with Crippen LogP contribution in [-0.4, -0.2) is 22.1 Å². The van der Waals surface area contributed by atoms with E-state index in [-0.39, 0.29) is 11.7 Å². The Morgan fingerprint density at radius 3 is 2.45 bits per heavy atom. The average Bonchev–Trinajstić information content (AvgIpc) is 2.41. The minimum Gasteiger partial charge on any atom is -0.506 e. The Balaban J connectivity index is 2.14. The van der Waals surface area contributed by atoms with Crippen molar-refractivity contribution in [3.05, 3.63) is 35.9 Å². The van der Waals surface area contributed by atoms with E-state index in [2.05, 4.69) is 5.32 Å². The van der Waals surface area contributed by atoms with Gasteiger partial charge >= 0.3 is 5.97 Å². The first-order chi connectivity index (χ1) is 9.49. The maximum absolute atomic E-state index is 12.2. The summed E-state index contributed by atoms with van der Waals surface area (Å²) in [7, 11) is 0. The summed E-state index contributed by atoms with van der Waals surface area (Å²) in [5, 5.41) is 21.5. The molecule has 0 saturated carbocycles. The molecule has 0 aromatic heterocycles. The van der Waals surface area contributed by atoms with Crippen LogP contribution >= 0.6 is 0 Å². The van der Waals surface area contributed by atoms with Crippen molar-refractivity contribution >= 4 is 17.6 Å². The Bertz CT molecular complexity index is 565. The van der Waals surface area contributed by atoms with Crippen LogP contribution in [-0.2, 0) is 9.59 Å². The molecule has 2 rings (SSSR count). The van der Waals surface area contributed by atoms with Crippen molar-refractivity contribution in [2.75, 3.05) is 5.32 Å². The van der Waals surface area contributed by atoms with E-state index in [1.54, 1.807) is 24.3 Å². The molecule has 0 saturated heterocycles. The normalized spacial score (nSPS) is 21.4. The summed E-state index contributed by atoms with van der Waals surface area (Å²) in [6.07, 6.45) is 4.35. The van der Waals surface area contributed by atoms with Crippen LogP contribution in [0.3, 0.4) is 0 Å². The number of carbonyl (C=O) groups excluding carboxylic acids is 1. The van der Waals surface area contributed by atoms with Crippen molar-refractivity contribution in [3.63, 3.8) is 0 Å². The Morgan fingerprint density at radius 1 is 1.20 bits per heavy atom. The van der Waals surface area contributed by atoms with Gasteiger partial charge in [0.25, 0.3) is 0 Å². The number of carbonyl (C=O) groups is 2. The zero-order valence-electron chi connectivity index (χ0n) is 11.2. The standard InChI is InChI=1S/C15H17NO4/c1-9-6-7-12(13(17)8-9)16-14(18)10-4-2-3-5-11(10)15(19)20/h2-3,6-8,10-11,17H,4-5H2,1H3,(H,16,18)(H,19,20). The molecule has 106 valence electrons. The van der Waals surface area contributed by atoms with Crippen LogP contribution in [0.4, 0.5) is 5.69 Å². The summed E-state index contributed by atoms with van der Waals surface area (Å²) in [6.45, 7) is 1.83. The Morgan fingerprint density at radius 2 is 1.85 bits per heavy atom. The van der Waals surface area contributed by atoms with Gasteiger partial charge in [-0.05, 0) is 37.5 Å². The van der Waals surface area contributed by atoms with Crippen LogP contribution in [0.1, 0.15) is 18.4 Å². The third-order valence-corrected chi connectivity index (χ3v) is 3.50. The molecule has 0 bridgehead atoms. The van der Waals surface area contributed by atoms with Gasteiger partial charge in [0.05, 0.1) is 17.5 Å². The number of hydrogen-bond acceptors (Lipinski definition) is 3. The van der Waals surface area contributed by atoms with Gasteiger partial charge in [0.2, 0.25) is 5.91 Å². The van der Waals surface area contributed by atoms with Gasteiger partial charge in [0, 0.05) is 0 Å². The lowest BCUT2D eigenvalue weighted by atomic mass is 9.82. The largest absolute Gasteiger partial charge is 0.506 e. The van der Waals surface area contributed by atoms with E-state index < -0.39 is 17.8 Å². The highest BCUT2D eigenvalue weighted by Crippen LogP contribution is 2.29. The minimum atomic E-state index is -0.970. The van der Waals surface area contributed by atoms with Crippen molar-refractivity contribution in [3.8, 4) is 5.75 Å². The third-order valence-electron chi connectivity index (χ3n) is 3.50. The number of aromatic hydroxyl groups is 1. The lowest BCUT2D eigenvalue weighted by molar-refractivity contribution is -0.146. The molecule has 20 heavy (non-hydrogen) atoms. The number of phenols is 1. The number of rotatable bonds is 3. The summed E-state index contributed by atoms with van der Waals surface area (Å²) in [6, 6.07) is 4.92. The Kier molecular flexibility index (Phi) is 4.08. The van der Waals surface area contributed by atoms with Crippen molar-refractivity contribution in [1.29, 1.82) is 0 Å². The number of carboxylic acid groups (broad SMARTS) is 1. The second kappa shape index (κ2) is 5.77. The number of phenolic OH excluding ortho intramolecular Hbond substituents is 1. The molecule has 1 aromatic carbocycles. The van der Waals surface area contributed by atoms with Gasteiger partial charge in [-0.15, -0.1) is 0 Å². The fraction of sp³-hybridized carbons (Fsp3) is 0.333. The lowest BCUT2D eigenvalue weighted by Gasteiger charge is -2.24. The first kappa shape index (κ1) is 14.1. The molecule has 2 atom stereocenters. The Labute approximate surface area is 116 Å². The third kappa shape index (κ3) is 2.99. The van der Waals surface area contributed by atoms with Gasteiger partial charge < -0.3 is 15.5 Å². The fourth-order valence-electron chi connectivity index (χ4n) is 2.35. The van der Waals surface area contributed by atoms with Crippen LogP contribution in [0.5, 0.6) is 5.75 Å². The van der Waals surface area contributed by atoms with Gasteiger partial charge in [0.1, 0.15) is 5.75 Å². The summed E-state index contributed by atoms with van der Waals surface area (Å²) >= 11 is 0. The maximum atomic E-state index is 12.2. The van der Waals surface area contributed by atoms with E-state index in [0.29, 0.717) is 18.5 Å². The van der Waals surface area contributed by atoms with E-state index in [4.69, 9.17) is 5.11 Å². The number of aliphatic carboxylic acids is 1. The smallest absolute Gasteiger partial charge is 0.307 e. The lowest BCUT2D eigenvalue weighted by Crippen LogP contribution is -2.34. The van der Waals surface area contributed by atoms with Gasteiger partial charge in [-0.1, -0.05) is 18.2 Å². The molecule has 0 fully saturated rings. The first-order valence-electron chi connectivity index (χ1n) is 6.47. The van der Waals surface area contributed by atoms with E-state index in [1.165, 1.54) is 0 Å². The first-order valence-corrected chi connectivity index (χ1v) is 6.47. The van der Waals surface area contributed by atoms with E-state index >= 15 is 0 Å². The highest BCUT2D eigenvalue weighted by atomic mass is 16.4. The second-order valence-electron chi connectivity index (χ2n) is 5.00. The molecule has 0 spiro atoms. The quantitative estimate of drug-likeness (QED) is 0.583. The highest BCUT2D eigenvalue weighted by molar-refractivity contribution is 5.96. The molecule has 1 aliphatic rings. The molecule has 0 heterocycles. The SMILES string of the molecule is Cc1ccc(NC(=O)C2CC=CCC2C(=O)O)c(O)c1. The van der Waals surface area contributed by atoms with Crippen LogP contribution in [0.25, 0.3) is 0 Å². The number of hydrogen-bond donors (Lipinski definition) is 3. The summed E-state index contributed by atoms with van der Waals surface area (Å²) in [5.74, 6) is -2.69. The topological polar surface area (TPSA) is 86.6 Å². The Hall–Kier alpha value is -2.30. The average molecular weight is 275 g/mol. The number of anilines is 1. The predicted molar refractivity (Wildman–Crippen MR) is 74.5 cm³/mol. The molecule has 0 radical (unpaired) electrons. The van der Waals surface area contributed by atoms with Crippen molar-refractivity contribution in [2.45, 2.75) is 19.8 Å². The zero-order chi connectivity index (χ0) is 14.7. The molecule has 1 amide bonds. The minimum absolute atomic E-state index is 0.0171. The molecule has 1 aliphatic carbocycles. The van der Waals surface area contributed by atoms with E-state index in [1.807, 2.05) is 13.0 Å². The predicted octanol–water partition coefficient (Wildman–Crippen LogP) is 2.31. The molecule has 5 nitrogen and oxygen atoms in total. The number of benzene rings is 1. The number of nitrogens with one attached hydrogen (secondary N) is 1. The van der Waals surface area contributed by atoms with Gasteiger partial charge in [-0.25, -0.2) is 0 Å². The molecule has 5 heteroatoms. The summed E-state index contributed by atoms with van der Waals surface area (Å²) in [5.41, 5.74) is 1.18. The number of aryl methyl sites for hydroxylation is 1. The summed E-state index contributed by atoms with van der Waals surface area (Å²) < 4.78 is 0. The zero-order valence-corrected chi connectivity index (χ0v) is 11.2. The second-order valence-corrected chi connectivity index (χ2v) is 5.00. The maximum Gasteiger partial charge on any atom is 0.307 e. The van der Waals surface area contributed by atoms with Crippen LogP contribution in [0.15, 0.2) is 30.4 Å². The van der Waals surface area contributed by atoms with Crippen molar-refractivity contribution in [2.24, 2.45) is 11.8 Å². The molecule has 1 aromatic rings. The number of carboxylic acids is 1. The van der Waals surface area contributed by atoms with Crippen LogP contribution < -0.4 is 5.32 Å². The highest BCUT2D eigenvalue weighted by Gasteiger charge is 2.34. The molecule has 3 N–H and O–H groups in total. The molecule has 0 aliphatic heterocycles. The number of allylic oxidation sites excluding steroid dienone is 2. The number of amides is 1. The summed E-state index contributed by atoms with van der Waals surface area (Å²) in [4.78, 5) is 23.4. The van der Waals surface area contributed by atoms with Crippen LogP contribution in [0.2, 0.25) is 0 Å². The monoisotopic (exact) mass is 275 g/mol. The molecule has 2 unspecified atom stereocenters. The van der Waals surface area contributed by atoms with E-state index in [9.17, 15) is 14.7 Å².